The van der Waals surface area contributed by atoms with Crippen molar-refractivity contribution in [2.75, 3.05) is 20.8 Å². The molecule has 1 N–H and O–H groups in total. The van der Waals surface area contributed by atoms with Crippen molar-refractivity contribution in [2.24, 2.45) is 0 Å². The molecule has 0 spiro atoms. The van der Waals surface area contributed by atoms with Crippen molar-refractivity contribution in [3.05, 3.63) is 65.2 Å². The number of methoxy groups -OCH3 is 2. The van der Waals surface area contributed by atoms with Gasteiger partial charge in [0.05, 0.1) is 20.6 Å². The maximum atomic E-state index is 11.9. The fourth-order valence-corrected chi connectivity index (χ4v) is 2.35. The molecule has 7 heteroatoms. The summed E-state index contributed by atoms with van der Waals surface area (Å²) in [7, 11) is 2.82. The van der Waals surface area contributed by atoms with Crippen molar-refractivity contribution >= 4 is 17.8 Å². The molecule has 1 amide bonds. The minimum atomic E-state index is -0.584. The molecule has 0 aliphatic carbocycles. The lowest BCUT2D eigenvalue weighted by Gasteiger charge is -2.11. The Morgan fingerprint density at radius 3 is 2.37 bits per heavy atom. The monoisotopic (exact) mass is 371 g/mol. The molecule has 0 saturated carbocycles. The first-order valence-electron chi connectivity index (χ1n) is 8.25. The molecule has 2 rings (SSSR count). The Bertz CT molecular complexity index is 803. The predicted octanol–water partition coefficient (Wildman–Crippen LogP) is 1.88. The first-order valence-corrected chi connectivity index (χ1v) is 8.25. The third kappa shape index (κ3) is 6.14. The summed E-state index contributed by atoms with van der Waals surface area (Å²) in [6.07, 6.45) is 0.106. The Labute approximate surface area is 157 Å². The summed E-state index contributed by atoms with van der Waals surface area (Å²) in [5.41, 5.74) is 1.79. The van der Waals surface area contributed by atoms with Crippen LogP contribution in [-0.2, 0) is 32.1 Å². The van der Waals surface area contributed by atoms with Gasteiger partial charge in [0.15, 0.2) is 0 Å². The molecule has 0 fully saturated rings. The van der Waals surface area contributed by atoms with Gasteiger partial charge in [0.1, 0.15) is 18.9 Å². The molecule has 0 aliphatic heterocycles. The van der Waals surface area contributed by atoms with Gasteiger partial charge < -0.3 is 19.5 Å². The van der Waals surface area contributed by atoms with Crippen molar-refractivity contribution in [3.63, 3.8) is 0 Å². The van der Waals surface area contributed by atoms with Crippen LogP contribution in [0.4, 0.5) is 0 Å². The maximum Gasteiger partial charge on any atom is 0.325 e. The summed E-state index contributed by atoms with van der Waals surface area (Å²) in [5.74, 6) is -0.776. The SMILES string of the molecule is COC(=O)Cc1ccc(OC)c(COC(=O)CNC(=O)c2ccccc2)c1. The molecule has 0 heterocycles. The predicted molar refractivity (Wildman–Crippen MR) is 97.3 cm³/mol. The maximum absolute atomic E-state index is 11.9. The lowest BCUT2D eigenvalue weighted by molar-refractivity contribution is -0.143. The average molecular weight is 371 g/mol. The minimum absolute atomic E-state index is 0.0434. The third-order valence-electron chi connectivity index (χ3n) is 3.74. The summed E-state index contributed by atoms with van der Waals surface area (Å²) < 4.78 is 15.1. The topological polar surface area (TPSA) is 90.9 Å². The summed E-state index contributed by atoms with van der Waals surface area (Å²) in [6.45, 7) is -0.296. The summed E-state index contributed by atoms with van der Waals surface area (Å²) in [4.78, 5) is 35.2. The van der Waals surface area contributed by atoms with Crippen molar-refractivity contribution in [3.8, 4) is 5.75 Å². The van der Waals surface area contributed by atoms with E-state index in [0.717, 1.165) is 0 Å². The number of rotatable bonds is 8. The van der Waals surface area contributed by atoms with E-state index in [1.165, 1.54) is 14.2 Å². The van der Waals surface area contributed by atoms with Crippen LogP contribution in [0.1, 0.15) is 21.5 Å². The number of nitrogens with one attached hydrogen (secondary N) is 1. The molecule has 27 heavy (non-hydrogen) atoms. The first kappa shape index (κ1) is 20.0. The number of benzene rings is 2. The van der Waals surface area contributed by atoms with Gasteiger partial charge in [-0.25, -0.2) is 0 Å². The van der Waals surface area contributed by atoms with Gasteiger partial charge in [0.25, 0.3) is 5.91 Å². The average Bonchev–Trinajstić information content (AvgIpc) is 2.71. The molecule has 0 unspecified atom stereocenters. The lowest BCUT2D eigenvalue weighted by Crippen LogP contribution is -2.30. The van der Waals surface area contributed by atoms with Crippen molar-refractivity contribution in [1.82, 2.24) is 5.32 Å². The quantitative estimate of drug-likeness (QED) is 0.713. The molecule has 0 aromatic heterocycles. The Morgan fingerprint density at radius 2 is 1.70 bits per heavy atom. The highest BCUT2D eigenvalue weighted by Crippen LogP contribution is 2.21. The molecule has 0 aliphatic rings. The van der Waals surface area contributed by atoms with Crippen LogP contribution in [0.3, 0.4) is 0 Å². The van der Waals surface area contributed by atoms with E-state index in [-0.39, 0.29) is 31.4 Å². The highest BCUT2D eigenvalue weighted by atomic mass is 16.5. The third-order valence-corrected chi connectivity index (χ3v) is 3.74. The Hall–Kier alpha value is -3.35. The normalized spacial score (nSPS) is 10.0. The molecule has 0 saturated heterocycles. The standard InChI is InChI=1S/C20H21NO6/c1-25-17-9-8-14(11-18(22)26-2)10-16(17)13-27-19(23)12-21-20(24)15-6-4-3-5-7-15/h3-10H,11-13H2,1-2H3,(H,21,24). The Balaban J connectivity index is 1.90. The summed E-state index contributed by atoms with van der Waals surface area (Å²) >= 11 is 0. The number of hydrogen-bond donors (Lipinski definition) is 1. The fourth-order valence-electron chi connectivity index (χ4n) is 2.35. The zero-order valence-corrected chi connectivity index (χ0v) is 15.2. The molecule has 7 nitrogen and oxygen atoms in total. The Kier molecular flexibility index (Phi) is 7.37. The van der Waals surface area contributed by atoms with E-state index < -0.39 is 5.97 Å². The molecule has 142 valence electrons. The van der Waals surface area contributed by atoms with Gasteiger partial charge in [0, 0.05) is 11.1 Å². The largest absolute Gasteiger partial charge is 0.496 e. The molecule has 2 aromatic carbocycles. The zero-order chi connectivity index (χ0) is 19.6. The van der Waals surface area contributed by atoms with Crippen LogP contribution in [0.5, 0.6) is 5.75 Å². The van der Waals surface area contributed by atoms with Gasteiger partial charge in [-0.05, 0) is 29.8 Å². The summed E-state index contributed by atoms with van der Waals surface area (Å²) in [6, 6.07) is 13.7. The molecular formula is C20H21NO6. The highest BCUT2D eigenvalue weighted by Gasteiger charge is 2.12. The van der Waals surface area contributed by atoms with E-state index in [1.54, 1.807) is 48.5 Å². The van der Waals surface area contributed by atoms with Crippen LogP contribution in [0.2, 0.25) is 0 Å². The van der Waals surface area contributed by atoms with Gasteiger partial charge in [-0.2, -0.15) is 0 Å². The number of carbonyl (C=O) groups is 3. The molecule has 0 atom stereocenters. The van der Waals surface area contributed by atoms with Crippen molar-refractivity contribution in [2.45, 2.75) is 13.0 Å². The van der Waals surface area contributed by atoms with Crippen LogP contribution in [0.25, 0.3) is 0 Å². The van der Waals surface area contributed by atoms with Crippen molar-refractivity contribution in [1.29, 1.82) is 0 Å². The van der Waals surface area contributed by atoms with E-state index in [9.17, 15) is 14.4 Å². The Morgan fingerprint density at radius 1 is 0.963 bits per heavy atom. The van der Waals surface area contributed by atoms with Crippen LogP contribution >= 0.6 is 0 Å². The van der Waals surface area contributed by atoms with Crippen LogP contribution in [0.15, 0.2) is 48.5 Å². The van der Waals surface area contributed by atoms with Gasteiger partial charge in [-0.1, -0.05) is 24.3 Å². The van der Waals surface area contributed by atoms with E-state index in [2.05, 4.69) is 10.1 Å². The number of carbonyl (C=O) groups excluding carboxylic acids is 3. The van der Waals surface area contributed by atoms with Crippen LogP contribution < -0.4 is 10.1 Å². The number of ether oxygens (including phenoxy) is 3. The first-order chi connectivity index (χ1) is 13.0. The number of esters is 2. The highest BCUT2D eigenvalue weighted by molar-refractivity contribution is 5.95. The van der Waals surface area contributed by atoms with Gasteiger partial charge >= 0.3 is 11.9 Å². The zero-order valence-electron chi connectivity index (χ0n) is 15.2. The van der Waals surface area contributed by atoms with Gasteiger partial charge in [-0.15, -0.1) is 0 Å². The van der Waals surface area contributed by atoms with E-state index in [0.29, 0.717) is 22.4 Å². The van der Waals surface area contributed by atoms with Crippen LogP contribution in [0, 0.1) is 0 Å². The fraction of sp³-hybridized carbons (Fsp3) is 0.250. The van der Waals surface area contributed by atoms with Gasteiger partial charge in [-0.3, -0.25) is 14.4 Å². The van der Waals surface area contributed by atoms with Crippen molar-refractivity contribution < 1.29 is 28.6 Å². The van der Waals surface area contributed by atoms with E-state index >= 15 is 0 Å². The van der Waals surface area contributed by atoms with Crippen LogP contribution in [-0.4, -0.2) is 38.6 Å². The number of hydrogen-bond acceptors (Lipinski definition) is 6. The molecule has 0 bridgehead atoms. The molecule has 2 aromatic rings. The molecule has 0 radical (unpaired) electrons. The minimum Gasteiger partial charge on any atom is -0.496 e. The summed E-state index contributed by atoms with van der Waals surface area (Å²) in [5, 5.41) is 2.50. The smallest absolute Gasteiger partial charge is 0.325 e. The second-order valence-corrected chi connectivity index (χ2v) is 5.61. The second kappa shape index (κ2) is 9.96. The second-order valence-electron chi connectivity index (χ2n) is 5.61. The van der Waals surface area contributed by atoms with E-state index in [1.807, 2.05) is 0 Å². The lowest BCUT2D eigenvalue weighted by atomic mass is 10.1. The van der Waals surface area contributed by atoms with Gasteiger partial charge in [0.2, 0.25) is 0 Å². The van der Waals surface area contributed by atoms with E-state index in [4.69, 9.17) is 9.47 Å². The number of amides is 1. The molecular weight excluding hydrogens is 350 g/mol.